The zero-order valence-corrected chi connectivity index (χ0v) is 27.0. The Bertz CT molecular complexity index is 1820. The third-order valence-corrected chi connectivity index (χ3v) is 10.4. The van der Waals surface area contributed by atoms with Crippen LogP contribution in [0.3, 0.4) is 0 Å². The van der Waals surface area contributed by atoms with Crippen molar-refractivity contribution in [1.29, 1.82) is 0 Å². The van der Waals surface area contributed by atoms with E-state index >= 15 is 0 Å². The second-order valence-electron chi connectivity index (χ2n) is 12.9. The topological polar surface area (TPSA) is 146 Å². The molecule has 0 spiro atoms. The van der Waals surface area contributed by atoms with Crippen molar-refractivity contribution in [2.24, 2.45) is 5.73 Å². The Morgan fingerprint density at radius 2 is 1.81 bits per heavy atom. The average molecular weight is 644 g/mol. The molecule has 3 aromatic rings. The normalized spacial score (nSPS) is 21.2. The minimum Gasteiger partial charge on any atom is -0.457 e. The van der Waals surface area contributed by atoms with Gasteiger partial charge in [0.1, 0.15) is 12.4 Å². The fourth-order valence-electron chi connectivity index (χ4n) is 7.86. The molecule has 0 unspecified atom stereocenters. The lowest BCUT2D eigenvalue weighted by Gasteiger charge is -2.39. The minimum absolute atomic E-state index is 0.0730. The van der Waals surface area contributed by atoms with Crippen LogP contribution < -0.4 is 16.0 Å². The van der Waals surface area contributed by atoms with Gasteiger partial charge in [-0.1, -0.05) is 20.3 Å². The lowest BCUT2D eigenvalue weighted by atomic mass is 9.85. The number of aryl methyl sites for hydroxylation is 1. The summed E-state index contributed by atoms with van der Waals surface area (Å²) in [7, 11) is 0. The van der Waals surface area contributed by atoms with E-state index < -0.39 is 24.1 Å². The number of rotatable bonds is 6. The third kappa shape index (κ3) is 5.27. The van der Waals surface area contributed by atoms with Gasteiger partial charge in [0, 0.05) is 35.6 Å². The monoisotopic (exact) mass is 643 g/mol. The number of likely N-dealkylation sites (tertiary alicyclic amines) is 2. The van der Waals surface area contributed by atoms with E-state index in [1.165, 1.54) is 19.3 Å². The average Bonchev–Trinajstić information content (AvgIpc) is 3.47. The maximum Gasteiger partial charge on any atom is 0.415 e. The first-order valence-corrected chi connectivity index (χ1v) is 16.8. The number of hydrogen-bond donors (Lipinski definition) is 1. The number of hydrogen-bond acceptors (Lipinski definition) is 10. The fourth-order valence-corrected chi connectivity index (χ4v) is 7.86. The van der Waals surface area contributed by atoms with E-state index in [4.69, 9.17) is 24.9 Å². The molecule has 1 atom stereocenters. The third-order valence-electron chi connectivity index (χ3n) is 10.4. The molecular formula is C35H41N5O7. The largest absolute Gasteiger partial charge is 0.457 e. The summed E-state index contributed by atoms with van der Waals surface area (Å²) in [6.07, 6.45) is 6.13. The zero-order chi connectivity index (χ0) is 32.9. The van der Waals surface area contributed by atoms with Crippen LogP contribution in [0.4, 0.5) is 4.79 Å². The molecule has 2 N–H and O–H groups in total. The van der Waals surface area contributed by atoms with Crippen LogP contribution in [0.5, 0.6) is 5.75 Å². The molecule has 12 nitrogen and oxygen atoms in total. The molecule has 7 rings (SSSR count). The number of cyclic esters (lactones) is 1. The van der Waals surface area contributed by atoms with E-state index in [1.54, 1.807) is 28.5 Å². The summed E-state index contributed by atoms with van der Waals surface area (Å²) in [5, 5.41) is 0.851. The maximum atomic E-state index is 13.9. The highest BCUT2D eigenvalue weighted by atomic mass is 16.6. The molecule has 0 radical (unpaired) electrons. The minimum atomic E-state index is -1.77. The molecular weight excluding hydrogens is 602 g/mol. The number of amides is 1. The van der Waals surface area contributed by atoms with E-state index in [0.29, 0.717) is 53.8 Å². The van der Waals surface area contributed by atoms with E-state index in [1.807, 2.05) is 19.1 Å². The zero-order valence-electron chi connectivity index (χ0n) is 27.0. The smallest absolute Gasteiger partial charge is 0.415 e. The number of fused-ring (bicyclic) bond motifs is 5. The van der Waals surface area contributed by atoms with E-state index in [9.17, 15) is 19.2 Å². The van der Waals surface area contributed by atoms with Gasteiger partial charge in [-0.15, -0.1) is 0 Å². The Morgan fingerprint density at radius 3 is 2.51 bits per heavy atom. The van der Waals surface area contributed by atoms with Crippen molar-refractivity contribution in [2.75, 3.05) is 32.7 Å². The highest BCUT2D eigenvalue weighted by Crippen LogP contribution is 2.42. The number of pyridine rings is 2. The Morgan fingerprint density at radius 1 is 1.04 bits per heavy atom. The van der Waals surface area contributed by atoms with Crippen LogP contribution in [-0.2, 0) is 44.2 Å². The van der Waals surface area contributed by atoms with Crippen LogP contribution in [0.1, 0.15) is 74.6 Å². The predicted octanol–water partition coefficient (Wildman–Crippen LogP) is 3.60. The molecule has 0 saturated carbocycles. The summed E-state index contributed by atoms with van der Waals surface area (Å²) in [5.74, 6) is -1.05. The van der Waals surface area contributed by atoms with Crippen molar-refractivity contribution in [3.05, 3.63) is 56.9 Å². The van der Waals surface area contributed by atoms with Gasteiger partial charge in [0.2, 0.25) is 5.60 Å². The second-order valence-corrected chi connectivity index (χ2v) is 12.9. The molecule has 12 heteroatoms. The Hall–Kier alpha value is -4.29. The lowest BCUT2D eigenvalue weighted by Crippen LogP contribution is -2.48. The molecule has 4 aliphatic heterocycles. The second kappa shape index (κ2) is 12.4. The highest BCUT2D eigenvalue weighted by molar-refractivity contribution is 5.91. The fraction of sp³-hybridized carbons (Fsp3) is 0.514. The molecule has 0 bridgehead atoms. The van der Waals surface area contributed by atoms with Crippen LogP contribution in [-0.4, -0.2) is 76.1 Å². The molecule has 47 heavy (non-hydrogen) atoms. The van der Waals surface area contributed by atoms with Gasteiger partial charge in [-0.25, -0.2) is 14.6 Å². The van der Waals surface area contributed by atoms with Gasteiger partial charge < -0.3 is 34.3 Å². The van der Waals surface area contributed by atoms with Gasteiger partial charge in [0.25, 0.3) is 5.56 Å². The molecule has 248 valence electrons. The number of nitrogens with zero attached hydrogens (tertiary/aromatic N) is 4. The summed E-state index contributed by atoms with van der Waals surface area (Å²) >= 11 is 0. The predicted molar refractivity (Wildman–Crippen MR) is 173 cm³/mol. The SMILES string of the molecule is CCc1c2c(nc3ccc(OC(=O)N4CCC(N5CCCCC5)CC4)cc13)-c1cc3c(c(=O)n1C2)COC(=O)[C@@]3(CC)OC(=O)CN. The van der Waals surface area contributed by atoms with Crippen LogP contribution in [0.2, 0.25) is 0 Å². The number of carbonyl (C=O) groups is 3. The van der Waals surface area contributed by atoms with Crippen LogP contribution in [0, 0.1) is 0 Å². The standard InChI is InChI=1S/C35H41N5O7/c1-3-23-24-16-22(46-34(44)39-14-10-21(11-15-39)38-12-6-5-7-13-38)8-9-28(24)37-31-25(23)19-40-29(31)17-27-26(32(40)42)20-45-33(43)35(27,4-2)47-30(41)18-36/h8-9,16-17,21H,3-7,10-15,18-20,36H2,1-2H3/t35-/m0/s1. The summed E-state index contributed by atoms with van der Waals surface area (Å²) in [6.45, 7) is 7.06. The number of aromatic nitrogens is 2. The van der Waals surface area contributed by atoms with Gasteiger partial charge in [0.15, 0.2) is 0 Å². The quantitative estimate of drug-likeness (QED) is 0.309. The molecule has 2 saturated heterocycles. The number of nitrogens with two attached hydrogens (primary N) is 1. The van der Waals surface area contributed by atoms with Gasteiger partial charge in [-0.2, -0.15) is 0 Å². The van der Waals surface area contributed by atoms with Crippen molar-refractivity contribution in [1.82, 2.24) is 19.4 Å². The van der Waals surface area contributed by atoms with Gasteiger partial charge >= 0.3 is 18.0 Å². The molecule has 1 amide bonds. The summed E-state index contributed by atoms with van der Waals surface area (Å²) < 4.78 is 18.5. The Labute approximate surface area is 272 Å². The molecule has 6 heterocycles. The first kappa shape index (κ1) is 31.3. The summed E-state index contributed by atoms with van der Waals surface area (Å²) in [5.41, 5.74) is 7.73. The van der Waals surface area contributed by atoms with Crippen molar-refractivity contribution >= 4 is 28.9 Å². The molecule has 1 aromatic carbocycles. The number of esters is 2. The number of benzene rings is 1. The Balaban J connectivity index is 1.18. The van der Waals surface area contributed by atoms with Crippen LogP contribution >= 0.6 is 0 Å². The first-order chi connectivity index (χ1) is 22.8. The van der Waals surface area contributed by atoms with Crippen molar-refractivity contribution < 1.29 is 28.6 Å². The lowest BCUT2D eigenvalue weighted by molar-refractivity contribution is -0.188. The number of carbonyl (C=O) groups excluding carboxylic acids is 3. The highest BCUT2D eigenvalue weighted by Gasteiger charge is 2.50. The van der Waals surface area contributed by atoms with E-state index in [-0.39, 0.29) is 36.8 Å². The van der Waals surface area contributed by atoms with Gasteiger partial charge in [0.05, 0.1) is 35.6 Å². The number of piperidine rings is 2. The van der Waals surface area contributed by atoms with Gasteiger partial charge in [-0.05, 0) is 81.4 Å². The molecule has 2 aromatic heterocycles. The molecule has 4 aliphatic rings. The molecule has 0 aliphatic carbocycles. The van der Waals surface area contributed by atoms with Crippen molar-refractivity contribution in [2.45, 2.75) is 83.6 Å². The summed E-state index contributed by atoms with van der Waals surface area (Å²) in [6, 6.07) is 7.71. The van der Waals surface area contributed by atoms with Gasteiger partial charge in [-0.3, -0.25) is 9.59 Å². The summed E-state index contributed by atoms with van der Waals surface area (Å²) in [4.78, 5) is 61.8. The molecule has 2 fully saturated rings. The number of ether oxygens (including phenoxy) is 3. The Kier molecular flexibility index (Phi) is 8.25. The van der Waals surface area contributed by atoms with Crippen LogP contribution in [0.25, 0.3) is 22.3 Å². The van der Waals surface area contributed by atoms with E-state index in [0.717, 1.165) is 42.4 Å². The van der Waals surface area contributed by atoms with E-state index in [2.05, 4.69) is 4.90 Å². The van der Waals surface area contributed by atoms with Crippen molar-refractivity contribution in [3.8, 4) is 17.1 Å². The maximum absolute atomic E-state index is 13.9. The van der Waals surface area contributed by atoms with Crippen LogP contribution in [0.15, 0.2) is 29.1 Å². The van der Waals surface area contributed by atoms with Crippen molar-refractivity contribution in [3.63, 3.8) is 0 Å². The first-order valence-electron chi connectivity index (χ1n) is 16.8.